The molecule has 0 bridgehead atoms. The zero-order chi connectivity index (χ0) is 19.6. The molecule has 2 heterocycles. The van der Waals surface area contributed by atoms with E-state index in [0.717, 1.165) is 16.5 Å². The molecule has 1 unspecified atom stereocenters. The predicted octanol–water partition coefficient (Wildman–Crippen LogP) is 3.52. The topological polar surface area (TPSA) is 82.6 Å². The number of para-hydroxylation sites is 1. The average molecular weight is 370 g/mol. The number of ether oxygens (including phenoxy) is 1. The summed E-state index contributed by atoms with van der Waals surface area (Å²) in [4.78, 5) is 30.4. The van der Waals surface area contributed by atoms with Crippen LogP contribution >= 0.6 is 0 Å². The quantitative estimate of drug-likeness (QED) is 0.697. The minimum atomic E-state index is -0.586. The fourth-order valence-corrected chi connectivity index (χ4v) is 3.67. The van der Waals surface area contributed by atoms with Crippen molar-refractivity contribution >= 4 is 22.6 Å². The first kappa shape index (κ1) is 19.2. The molecule has 0 aliphatic carbocycles. The molecular weight excluding hydrogens is 344 g/mol. The fraction of sp³-hybridized carbons (Fsp3) is 0.429. The second kappa shape index (κ2) is 7.96. The van der Waals surface area contributed by atoms with Gasteiger partial charge in [0.1, 0.15) is 0 Å². The number of carbonyl (C=O) groups excluding carboxylic acids is 2. The van der Waals surface area contributed by atoms with Crippen molar-refractivity contribution < 1.29 is 19.4 Å². The molecule has 6 nitrogen and oxygen atoms in total. The van der Waals surface area contributed by atoms with Gasteiger partial charge in [0.15, 0.2) is 11.5 Å². The van der Waals surface area contributed by atoms with Gasteiger partial charge in [0.2, 0.25) is 0 Å². The summed E-state index contributed by atoms with van der Waals surface area (Å²) < 4.78 is 5.10. The first-order valence-electron chi connectivity index (χ1n) is 9.28. The number of ketones is 1. The number of H-pyrrole nitrogens is 1. The van der Waals surface area contributed by atoms with E-state index >= 15 is 0 Å². The molecule has 1 amide bonds. The van der Waals surface area contributed by atoms with Gasteiger partial charge in [-0.25, -0.2) is 0 Å². The van der Waals surface area contributed by atoms with Crippen molar-refractivity contribution in [1.82, 2.24) is 9.88 Å². The van der Waals surface area contributed by atoms with Gasteiger partial charge in [0.25, 0.3) is 5.91 Å². The van der Waals surface area contributed by atoms with Crippen LogP contribution in [0.2, 0.25) is 0 Å². The molecule has 0 saturated heterocycles. The number of hydrogen-bond donors (Lipinski definition) is 2. The van der Waals surface area contributed by atoms with Crippen molar-refractivity contribution in [3.63, 3.8) is 0 Å². The molecule has 6 heteroatoms. The van der Waals surface area contributed by atoms with Crippen LogP contribution in [0.1, 0.15) is 38.3 Å². The Balaban J connectivity index is 2.06. The highest BCUT2D eigenvalue weighted by Gasteiger charge is 2.43. The first-order valence-corrected chi connectivity index (χ1v) is 9.28. The van der Waals surface area contributed by atoms with Gasteiger partial charge < -0.3 is 19.7 Å². The van der Waals surface area contributed by atoms with Crippen LogP contribution in [0.15, 0.2) is 41.8 Å². The van der Waals surface area contributed by atoms with E-state index in [9.17, 15) is 14.7 Å². The predicted molar refractivity (Wildman–Crippen MR) is 103 cm³/mol. The lowest BCUT2D eigenvalue weighted by Crippen LogP contribution is -2.32. The van der Waals surface area contributed by atoms with Crippen LogP contribution < -0.4 is 0 Å². The second-order valence-corrected chi connectivity index (χ2v) is 7.32. The van der Waals surface area contributed by atoms with Gasteiger partial charge in [-0.1, -0.05) is 32.0 Å². The molecule has 1 aliphatic heterocycles. The van der Waals surface area contributed by atoms with Crippen LogP contribution in [0.25, 0.3) is 10.9 Å². The zero-order valence-corrected chi connectivity index (χ0v) is 16.0. The molecular formula is C21H26N2O4. The van der Waals surface area contributed by atoms with Gasteiger partial charge in [-0.05, 0) is 18.4 Å². The van der Waals surface area contributed by atoms with Crippen molar-refractivity contribution in [2.24, 2.45) is 5.92 Å². The van der Waals surface area contributed by atoms with E-state index in [4.69, 9.17) is 4.74 Å². The number of aromatic nitrogens is 1. The molecule has 144 valence electrons. The minimum absolute atomic E-state index is 0.138. The summed E-state index contributed by atoms with van der Waals surface area (Å²) in [5, 5.41) is 11.5. The molecule has 0 radical (unpaired) electrons. The van der Waals surface area contributed by atoms with Crippen LogP contribution in [-0.4, -0.2) is 46.9 Å². The minimum Gasteiger partial charge on any atom is -0.503 e. The Labute approximate surface area is 158 Å². The molecule has 1 aromatic heterocycles. The van der Waals surface area contributed by atoms with Crippen LogP contribution in [0.4, 0.5) is 0 Å². The molecule has 2 N–H and O–H groups in total. The number of benzene rings is 1. The van der Waals surface area contributed by atoms with E-state index < -0.39 is 17.7 Å². The van der Waals surface area contributed by atoms with Crippen LogP contribution in [0, 0.1) is 5.92 Å². The molecule has 3 rings (SSSR count). The maximum atomic E-state index is 12.9. The number of aliphatic hydroxyl groups is 1. The summed E-state index contributed by atoms with van der Waals surface area (Å²) in [5.74, 6) is -0.957. The van der Waals surface area contributed by atoms with Crippen LogP contribution in [0.3, 0.4) is 0 Å². The Morgan fingerprint density at radius 3 is 2.78 bits per heavy atom. The highest BCUT2D eigenvalue weighted by Crippen LogP contribution is 2.41. The van der Waals surface area contributed by atoms with E-state index in [0.29, 0.717) is 19.6 Å². The van der Waals surface area contributed by atoms with E-state index in [1.807, 2.05) is 44.3 Å². The number of rotatable bonds is 8. The van der Waals surface area contributed by atoms with Gasteiger partial charge in [-0.3, -0.25) is 9.59 Å². The van der Waals surface area contributed by atoms with E-state index in [-0.39, 0.29) is 23.7 Å². The number of fused-ring (bicyclic) bond motifs is 1. The largest absolute Gasteiger partial charge is 0.503 e. The number of aromatic amines is 1. The van der Waals surface area contributed by atoms with E-state index in [1.54, 1.807) is 12.0 Å². The lowest BCUT2D eigenvalue weighted by molar-refractivity contribution is -0.129. The normalized spacial score (nSPS) is 17.6. The van der Waals surface area contributed by atoms with Crippen molar-refractivity contribution in [1.29, 1.82) is 0 Å². The smallest absolute Gasteiger partial charge is 0.290 e. The highest BCUT2D eigenvalue weighted by molar-refractivity contribution is 6.09. The molecule has 1 aliphatic rings. The van der Waals surface area contributed by atoms with Gasteiger partial charge in [0, 0.05) is 49.3 Å². The molecule has 0 fully saturated rings. The number of amides is 1. The third kappa shape index (κ3) is 3.62. The lowest BCUT2D eigenvalue weighted by Gasteiger charge is -2.26. The van der Waals surface area contributed by atoms with Crippen molar-refractivity contribution in [2.45, 2.75) is 32.7 Å². The molecule has 1 aromatic carbocycles. The van der Waals surface area contributed by atoms with Gasteiger partial charge >= 0.3 is 0 Å². The van der Waals surface area contributed by atoms with E-state index in [2.05, 4.69) is 4.98 Å². The summed E-state index contributed by atoms with van der Waals surface area (Å²) in [6.45, 7) is 4.80. The molecule has 2 aromatic rings. The van der Waals surface area contributed by atoms with Crippen LogP contribution in [-0.2, 0) is 14.3 Å². The van der Waals surface area contributed by atoms with Crippen molar-refractivity contribution in [2.75, 3.05) is 20.3 Å². The number of aliphatic hydroxyl groups excluding tert-OH is 1. The Hall–Kier alpha value is -2.60. The van der Waals surface area contributed by atoms with Gasteiger partial charge in [-0.2, -0.15) is 0 Å². The fourth-order valence-electron chi connectivity index (χ4n) is 3.67. The summed E-state index contributed by atoms with van der Waals surface area (Å²) in [6, 6.07) is 7.17. The maximum absolute atomic E-state index is 12.9. The number of Topliss-reactive ketones (excluding diaryl/α,β-unsaturated/α-hetero) is 1. The second-order valence-electron chi connectivity index (χ2n) is 7.32. The lowest BCUT2D eigenvalue weighted by atomic mass is 9.92. The number of hydrogen-bond acceptors (Lipinski definition) is 4. The molecule has 1 atom stereocenters. The number of carbonyl (C=O) groups is 2. The summed E-state index contributed by atoms with van der Waals surface area (Å²) >= 11 is 0. The van der Waals surface area contributed by atoms with Gasteiger partial charge in [-0.15, -0.1) is 0 Å². The number of nitrogens with one attached hydrogen (secondary N) is 1. The Bertz CT molecular complexity index is 881. The maximum Gasteiger partial charge on any atom is 0.290 e. The van der Waals surface area contributed by atoms with Crippen molar-refractivity contribution in [3.8, 4) is 0 Å². The average Bonchev–Trinajstić information content (AvgIpc) is 3.15. The molecule has 27 heavy (non-hydrogen) atoms. The van der Waals surface area contributed by atoms with Gasteiger partial charge in [0.05, 0.1) is 11.6 Å². The standard InChI is InChI=1S/C21H26N2O4/c1-13(2)11-17(24)18-19(15-12-22-16-8-5-4-7-14(15)16)23(9-6-10-27-3)21(26)20(18)25/h4-5,7-8,12-13,19,22,25H,6,9-11H2,1-3H3. The monoisotopic (exact) mass is 370 g/mol. The highest BCUT2D eigenvalue weighted by atomic mass is 16.5. The Kier molecular flexibility index (Phi) is 5.65. The Morgan fingerprint density at radius 2 is 2.07 bits per heavy atom. The summed E-state index contributed by atoms with van der Waals surface area (Å²) in [6.07, 6.45) is 2.74. The zero-order valence-electron chi connectivity index (χ0n) is 16.0. The summed E-state index contributed by atoms with van der Waals surface area (Å²) in [5.41, 5.74) is 1.96. The number of nitrogens with zero attached hydrogens (tertiary/aromatic N) is 1. The third-order valence-corrected chi connectivity index (χ3v) is 4.86. The summed E-state index contributed by atoms with van der Waals surface area (Å²) in [7, 11) is 1.61. The van der Waals surface area contributed by atoms with Crippen molar-refractivity contribution in [3.05, 3.63) is 47.4 Å². The van der Waals surface area contributed by atoms with Crippen LogP contribution in [0.5, 0.6) is 0 Å². The Morgan fingerprint density at radius 1 is 1.33 bits per heavy atom. The molecule has 0 saturated carbocycles. The number of methoxy groups -OCH3 is 1. The molecule has 0 spiro atoms. The SMILES string of the molecule is COCCCN1C(=O)C(O)=C(C(=O)CC(C)C)C1c1c[nH]c2ccccc12. The van der Waals surface area contributed by atoms with E-state index in [1.165, 1.54) is 0 Å². The first-order chi connectivity index (χ1) is 13.0. The third-order valence-electron chi connectivity index (χ3n) is 4.86.